The molecule has 0 fully saturated rings. The number of nitrogens with one attached hydrogen (secondary N) is 2. The third-order valence-corrected chi connectivity index (χ3v) is 2.48. The molecule has 0 saturated heterocycles. The highest BCUT2D eigenvalue weighted by molar-refractivity contribution is 5.87. The van der Waals surface area contributed by atoms with Gasteiger partial charge in [0.15, 0.2) is 0 Å². The van der Waals surface area contributed by atoms with E-state index in [0.29, 0.717) is 12.8 Å². The van der Waals surface area contributed by atoms with Gasteiger partial charge in [-0.3, -0.25) is 9.59 Å². The normalized spacial score (nSPS) is 12.9. The molecule has 0 spiro atoms. The minimum atomic E-state index is -1.06. The Labute approximate surface area is 120 Å². The van der Waals surface area contributed by atoms with Crippen molar-refractivity contribution in [2.24, 2.45) is 11.3 Å². The largest absolute Gasteiger partial charge is 0.480 e. The van der Waals surface area contributed by atoms with E-state index in [1.165, 1.54) is 0 Å². The molecule has 3 N–H and O–H groups in total. The minimum Gasteiger partial charge on any atom is -0.480 e. The molecule has 2 amide bonds. The van der Waals surface area contributed by atoms with Crippen molar-refractivity contribution in [3.63, 3.8) is 0 Å². The van der Waals surface area contributed by atoms with Gasteiger partial charge in [-0.25, -0.2) is 4.79 Å². The molecule has 0 rings (SSSR count). The van der Waals surface area contributed by atoms with Crippen molar-refractivity contribution in [3.05, 3.63) is 0 Å². The number of amides is 2. The van der Waals surface area contributed by atoms with E-state index in [2.05, 4.69) is 10.6 Å². The second-order valence-corrected chi connectivity index (χ2v) is 6.60. The van der Waals surface area contributed by atoms with Gasteiger partial charge in [0.1, 0.15) is 6.04 Å². The Hall–Kier alpha value is -1.59. The molecule has 1 atom stereocenters. The SMILES string of the molecule is CC(C)C[C@@H](NC(=O)CNC(=O)CC(C)(C)C)C(=O)O. The second-order valence-electron chi connectivity index (χ2n) is 6.60. The first kappa shape index (κ1) is 18.4. The number of aliphatic carboxylic acids is 1. The lowest BCUT2D eigenvalue weighted by atomic mass is 9.92. The maximum Gasteiger partial charge on any atom is 0.326 e. The zero-order valence-corrected chi connectivity index (χ0v) is 12.9. The maximum atomic E-state index is 11.6. The molecule has 0 aromatic rings. The monoisotopic (exact) mass is 286 g/mol. The van der Waals surface area contributed by atoms with Crippen LogP contribution in [0.5, 0.6) is 0 Å². The van der Waals surface area contributed by atoms with Crippen molar-refractivity contribution in [1.29, 1.82) is 0 Å². The predicted molar refractivity (Wildman–Crippen MR) is 76.1 cm³/mol. The average molecular weight is 286 g/mol. The Bertz CT molecular complexity index is 359. The highest BCUT2D eigenvalue weighted by Crippen LogP contribution is 2.17. The first-order valence-electron chi connectivity index (χ1n) is 6.80. The molecule has 0 aliphatic carbocycles. The van der Waals surface area contributed by atoms with Gasteiger partial charge in [-0.15, -0.1) is 0 Å². The van der Waals surface area contributed by atoms with Crippen LogP contribution in [0.4, 0.5) is 0 Å². The Balaban J connectivity index is 4.21. The van der Waals surface area contributed by atoms with Gasteiger partial charge in [-0.1, -0.05) is 34.6 Å². The standard InChI is InChI=1S/C14H26N2O4/c1-9(2)6-10(13(19)20)16-12(18)8-15-11(17)7-14(3,4)5/h9-10H,6-8H2,1-5H3,(H,15,17)(H,16,18)(H,19,20)/t10-/m1/s1. The fourth-order valence-corrected chi connectivity index (χ4v) is 1.66. The zero-order chi connectivity index (χ0) is 15.9. The fraction of sp³-hybridized carbons (Fsp3) is 0.786. The lowest BCUT2D eigenvalue weighted by Gasteiger charge is -2.18. The topological polar surface area (TPSA) is 95.5 Å². The molecule has 20 heavy (non-hydrogen) atoms. The summed E-state index contributed by atoms with van der Waals surface area (Å²) in [6.45, 7) is 9.35. The van der Waals surface area contributed by atoms with Gasteiger partial charge in [0, 0.05) is 6.42 Å². The van der Waals surface area contributed by atoms with Gasteiger partial charge in [0.25, 0.3) is 0 Å². The van der Waals surface area contributed by atoms with E-state index in [9.17, 15) is 14.4 Å². The lowest BCUT2D eigenvalue weighted by molar-refractivity contribution is -0.142. The van der Waals surface area contributed by atoms with Crippen LogP contribution in [0.3, 0.4) is 0 Å². The van der Waals surface area contributed by atoms with Gasteiger partial charge in [0.2, 0.25) is 11.8 Å². The van der Waals surface area contributed by atoms with Crippen LogP contribution in [-0.4, -0.2) is 35.5 Å². The number of hydrogen-bond donors (Lipinski definition) is 3. The Morgan fingerprint density at radius 2 is 1.65 bits per heavy atom. The molecular weight excluding hydrogens is 260 g/mol. The quantitative estimate of drug-likeness (QED) is 0.654. The summed E-state index contributed by atoms with van der Waals surface area (Å²) in [6, 6.07) is -0.915. The first-order valence-corrected chi connectivity index (χ1v) is 6.80. The van der Waals surface area contributed by atoms with Crippen LogP contribution in [0.15, 0.2) is 0 Å². The summed E-state index contributed by atoms with van der Waals surface area (Å²) in [7, 11) is 0. The maximum absolute atomic E-state index is 11.6. The minimum absolute atomic E-state index is 0.151. The van der Waals surface area contributed by atoms with Gasteiger partial charge >= 0.3 is 5.97 Å². The van der Waals surface area contributed by atoms with E-state index >= 15 is 0 Å². The van der Waals surface area contributed by atoms with E-state index in [-0.39, 0.29) is 23.8 Å². The second kappa shape index (κ2) is 7.87. The summed E-state index contributed by atoms with van der Waals surface area (Å²) in [5.41, 5.74) is -0.151. The van der Waals surface area contributed by atoms with E-state index < -0.39 is 17.9 Å². The molecule has 0 heterocycles. The molecule has 0 aromatic carbocycles. The van der Waals surface area contributed by atoms with Crippen LogP contribution in [0, 0.1) is 11.3 Å². The van der Waals surface area contributed by atoms with Crippen molar-refractivity contribution < 1.29 is 19.5 Å². The van der Waals surface area contributed by atoms with E-state index in [4.69, 9.17) is 5.11 Å². The van der Waals surface area contributed by atoms with E-state index in [1.54, 1.807) is 0 Å². The Kier molecular flexibility index (Phi) is 7.24. The van der Waals surface area contributed by atoms with Crippen molar-refractivity contribution in [2.45, 2.75) is 53.5 Å². The van der Waals surface area contributed by atoms with Gasteiger partial charge < -0.3 is 15.7 Å². The molecule has 116 valence electrons. The molecule has 0 bridgehead atoms. The van der Waals surface area contributed by atoms with Crippen LogP contribution in [-0.2, 0) is 14.4 Å². The summed E-state index contributed by atoms with van der Waals surface area (Å²) < 4.78 is 0. The van der Waals surface area contributed by atoms with Crippen LogP contribution in [0.1, 0.15) is 47.5 Å². The number of carbonyl (C=O) groups is 3. The van der Waals surface area contributed by atoms with Gasteiger partial charge in [-0.2, -0.15) is 0 Å². The number of hydrogen-bond acceptors (Lipinski definition) is 3. The average Bonchev–Trinajstić information content (AvgIpc) is 2.22. The lowest BCUT2D eigenvalue weighted by Crippen LogP contribution is -2.46. The summed E-state index contributed by atoms with van der Waals surface area (Å²) >= 11 is 0. The summed E-state index contributed by atoms with van der Waals surface area (Å²) in [5, 5.41) is 13.9. The summed E-state index contributed by atoms with van der Waals surface area (Å²) in [6.07, 6.45) is 0.672. The van der Waals surface area contributed by atoms with Gasteiger partial charge in [0.05, 0.1) is 6.54 Å². The van der Waals surface area contributed by atoms with Crippen LogP contribution < -0.4 is 10.6 Å². The summed E-state index contributed by atoms with van der Waals surface area (Å²) in [5.74, 6) is -1.61. The van der Waals surface area contributed by atoms with Crippen molar-refractivity contribution in [3.8, 4) is 0 Å². The van der Waals surface area contributed by atoms with Crippen LogP contribution in [0.2, 0.25) is 0 Å². The van der Waals surface area contributed by atoms with Gasteiger partial charge in [-0.05, 0) is 17.8 Å². The molecule has 0 unspecified atom stereocenters. The third-order valence-electron chi connectivity index (χ3n) is 2.48. The fourth-order valence-electron chi connectivity index (χ4n) is 1.66. The van der Waals surface area contributed by atoms with Crippen molar-refractivity contribution >= 4 is 17.8 Å². The predicted octanol–water partition coefficient (Wildman–Crippen LogP) is 1.15. The van der Waals surface area contributed by atoms with Crippen molar-refractivity contribution in [2.75, 3.05) is 6.54 Å². The molecule has 0 aliphatic rings. The smallest absolute Gasteiger partial charge is 0.326 e. The molecule has 0 radical (unpaired) electrons. The molecule has 6 nitrogen and oxygen atoms in total. The highest BCUT2D eigenvalue weighted by Gasteiger charge is 2.21. The Morgan fingerprint density at radius 1 is 1.10 bits per heavy atom. The number of carbonyl (C=O) groups excluding carboxylic acids is 2. The van der Waals surface area contributed by atoms with E-state index in [0.717, 1.165) is 0 Å². The molecule has 6 heteroatoms. The third kappa shape index (κ3) is 9.35. The van der Waals surface area contributed by atoms with Crippen LogP contribution >= 0.6 is 0 Å². The molecule has 0 aromatic heterocycles. The van der Waals surface area contributed by atoms with E-state index in [1.807, 2.05) is 34.6 Å². The highest BCUT2D eigenvalue weighted by atomic mass is 16.4. The van der Waals surface area contributed by atoms with Crippen molar-refractivity contribution in [1.82, 2.24) is 10.6 Å². The number of carboxylic acids is 1. The summed E-state index contributed by atoms with van der Waals surface area (Å²) in [4.78, 5) is 34.2. The molecular formula is C14H26N2O4. The number of rotatable bonds is 7. The number of carboxylic acid groups (broad SMARTS) is 1. The first-order chi connectivity index (χ1) is 9.01. The molecule has 0 aliphatic heterocycles. The van der Waals surface area contributed by atoms with Crippen LogP contribution in [0.25, 0.3) is 0 Å². The zero-order valence-electron chi connectivity index (χ0n) is 12.9. The molecule has 0 saturated carbocycles. The Morgan fingerprint density at radius 3 is 2.05 bits per heavy atom.